The van der Waals surface area contributed by atoms with E-state index < -0.39 is 0 Å². The Kier molecular flexibility index (Phi) is 3.95. The summed E-state index contributed by atoms with van der Waals surface area (Å²) in [5.41, 5.74) is 10.8. The lowest BCUT2D eigenvalue weighted by atomic mass is 10.0. The Morgan fingerprint density at radius 3 is 2.65 bits per heavy atom. The van der Waals surface area contributed by atoms with Crippen LogP contribution >= 0.6 is 11.6 Å². The number of fused-ring (bicyclic) bond motifs is 1. The van der Waals surface area contributed by atoms with Crippen LogP contribution in [0.4, 0.5) is 5.69 Å². The highest BCUT2D eigenvalue weighted by atomic mass is 35.5. The Labute approximate surface area is 125 Å². The number of nitrogens with zero attached hydrogens (tertiary/aromatic N) is 1. The van der Waals surface area contributed by atoms with Crippen LogP contribution in [0.5, 0.6) is 0 Å². The van der Waals surface area contributed by atoms with Gasteiger partial charge >= 0.3 is 0 Å². The molecule has 0 fully saturated rings. The number of hydrogen-bond donors (Lipinski definition) is 1. The van der Waals surface area contributed by atoms with Crippen molar-refractivity contribution in [3.8, 4) is 0 Å². The fourth-order valence-corrected chi connectivity index (χ4v) is 3.11. The van der Waals surface area contributed by atoms with E-state index in [0.717, 1.165) is 42.3 Å². The Morgan fingerprint density at radius 1 is 1.05 bits per heavy atom. The lowest BCUT2D eigenvalue weighted by molar-refractivity contribution is 0.261. The topological polar surface area (TPSA) is 29.3 Å². The first-order chi connectivity index (χ1) is 9.74. The number of hydrogen-bond acceptors (Lipinski definition) is 2. The molecule has 3 rings (SSSR count). The van der Waals surface area contributed by atoms with Crippen molar-refractivity contribution in [3.63, 3.8) is 0 Å². The lowest BCUT2D eigenvalue weighted by Crippen LogP contribution is -2.23. The monoisotopic (exact) mass is 286 g/mol. The highest BCUT2D eigenvalue weighted by Gasteiger charge is 2.16. The zero-order valence-electron chi connectivity index (χ0n) is 11.5. The van der Waals surface area contributed by atoms with E-state index in [1.165, 1.54) is 17.5 Å². The average molecular weight is 287 g/mol. The quantitative estimate of drug-likeness (QED) is 0.849. The van der Waals surface area contributed by atoms with Crippen molar-refractivity contribution in [1.29, 1.82) is 0 Å². The minimum Gasteiger partial charge on any atom is -0.398 e. The molecule has 0 aliphatic carbocycles. The van der Waals surface area contributed by atoms with Crippen LogP contribution in [0.25, 0.3) is 0 Å². The molecule has 2 aromatic rings. The minimum absolute atomic E-state index is 0.766. The molecule has 2 N–H and O–H groups in total. The highest BCUT2D eigenvalue weighted by Crippen LogP contribution is 2.26. The first-order valence-electron chi connectivity index (χ1n) is 7.06. The number of benzene rings is 2. The van der Waals surface area contributed by atoms with Crippen LogP contribution in [-0.4, -0.2) is 11.4 Å². The smallest absolute Gasteiger partial charge is 0.0471 e. The van der Waals surface area contributed by atoms with Gasteiger partial charge in [-0.15, -0.1) is 0 Å². The van der Waals surface area contributed by atoms with E-state index in [1.807, 2.05) is 18.2 Å². The number of nitrogen functional groups attached to an aromatic ring is 1. The Balaban J connectivity index is 1.82. The van der Waals surface area contributed by atoms with Gasteiger partial charge in [0.2, 0.25) is 0 Å². The Morgan fingerprint density at radius 2 is 1.85 bits per heavy atom. The van der Waals surface area contributed by atoms with Gasteiger partial charge in [-0.05, 0) is 42.6 Å². The molecule has 0 saturated carbocycles. The predicted octanol–water partition coefficient (Wildman–Crippen LogP) is 3.87. The molecule has 0 unspecified atom stereocenters. The average Bonchev–Trinajstić information content (AvgIpc) is 2.64. The highest BCUT2D eigenvalue weighted by molar-refractivity contribution is 6.31. The molecule has 1 heterocycles. The van der Waals surface area contributed by atoms with Gasteiger partial charge in [0.05, 0.1) is 0 Å². The van der Waals surface area contributed by atoms with Gasteiger partial charge in [-0.25, -0.2) is 0 Å². The van der Waals surface area contributed by atoms with Crippen molar-refractivity contribution in [2.75, 3.05) is 12.3 Å². The molecule has 3 heteroatoms. The SMILES string of the molecule is Nc1cccc(Cl)c1CN1CCCc2ccccc2C1. The molecule has 0 spiro atoms. The fraction of sp³-hybridized carbons (Fsp3) is 0.294. The largest absolute Gasteiger partial charge is 0.398 e. The van der Waals surface area contributed by atoms with E-state index in [1.54, 1.807) is 0 Å². The van der Waals surface area contributed by atoms with Crippen molar-refractivity contribution in [2.24, 2.45) is 0 Å². The van der Waals surface area contributed by atoms with Crippen LogP contribution in [0.1, 0.15) is 23.1 Å². The summed E-state index contributed by atoms with van der Waals surface area (Å²) in [4.78, 5) is 2.43. The van der Waals surface area contributed by atoms with Gasteiger partial charge in [-0.1, -0.05) is 41.9 Å². The maximum atomic E-state index is 6.28. The summed E-state index contributed by atoms with van der Waals surface area (Å²) in [7, 11) is 0. The molecular weight excluding hydrogens is 268 g/mol. The minimum atomic E-state index is 0.766. The second-order valence-corrected chi connectivity index (χ2v) is 5.80. The normalized spacial score (nSPS) is 15.7. The third-order valence-corrected chi connectivity index (χ3v) is 4.32. The third-order valence-electron chi connectivity index (χ3n) is 3.97. The van der Waals surface area contributed by atoms with E-state index in [-0.39, 0.29) is 0 Å². The van der Waals surface area contributed by atoms with Crippen LogP contribution in [0.2, 0.25) is 5.02 Å². The lowest BCUT2D eigenvalue weighted by Gasteiger charge is -2.22. The second kappa shape index (κ2) is 5.86. The maximum absolute atomic E-state index is 6.28. The molecule has 2 aromatic carbocycles. The Hall–Kier alpha value is -1.51. The first-order valence-corrected chi connectivity index (χ1v) is 7.44. The molecule has 2 nitrogen and oxygen atoms in total. The van der Waals surface area contributed by atoms with Crippen LogP contribution in [0.3, 0.4) is 0 Å². The van der Waals surface area contributed by atoms with Crippen molar-refractivity contribution in [2.45, 2.75) is 25.9 Å². The van der Waals surface area contributed by atoms with E-state index in [0.29, 0.717) is 0 Å². The molecule has 0 bridgehead atoms. The summed E-state index contributed by atoms with van der Waals surface area (Å²) in [5.74, 6) is 0. The van der Waals surface area contributed by atoms with Gasteiger partial charge in [0.1, 0.15) is 0 Å². The van der Waals surface area contributed by atoms with Crippen LogP contribution in [0, 0.1) is 0 Å². The molecule has 0 atom stereocenters. The van der Waals surface area contributed by atoms with Gasteiger partial charge in [-0.3, -0.25) is 4.90 Å². The van der Waals surface area contributed by atoms with Crippen LogP contribution in [0.15, 0.2) is 42.5 Å². The van der Waals surface area contributed by atoms with Gasteiger partial charge in [-0.2, -0.15) is 0 Å². The van der Waals surface area contributed by atoms with Crippen molar-refractivity contribution in [3.05, 3.63) is 64.2 Å². The maximum Gasteiger partial charge on any atom is 0.0471 e. The van der Waals surface area contributed by atoms with Gasteiger partial charge in [0.25, 0.3) is 0 Å². The van der Waals surface area contributed by atoms with E-state index in [9.17, 15) is 0 Å². The van der Waals surface area contributed by atoms with Crippen LogP contribution < -0.4 is 5.73 Å². The van der Waals surface area contributed by atoms with E-state index >= 15 is 0 Å². The zero-order valence-corrected chi connectivity index (χ0v) is 12.2. The molecule has 0 aromatic heterocycles. The van der Waals surface area contributed by atoms with Gasteiger partial charge in [0, 0.05) is 29.4 Å². The van der Waals surface area contributed by atoms with Crippen molar-refractivity contribution < 1.29 is 0 Å². The van der Waals surface area contributed by atoms with Crippen LogP contribution in [-0.2, 0) is 19.5 Å². The second-order valence-electron chi connectivity index (χ2n) is 5.39. The van der Waals surface area contributed by atoms with E-state index in [4.69, 9.17) is 17.3 Å². The summed E-state index contributed by atoms with van der Waals surface area (Å²) in [6.07, 6.45) is 2.34. The fourth-order valence-electron chi connectivity index (χ4n) is 2.87. The summed E-state index contributed by atoms with van der Waals surface area (Å²) in [6.45, 7) is 2.88. The molecular formula is C17H19ClN2. The van der Waals surface area contributed by atoms with Crippen molar-refractivity contribution in [1.82, 2.24) is 4.90 Å². The summed E-state index contributed by atoms with van der Waals surface area (Å²) in [6, 6.07) is 14.4. The number of rotatable bonds is 2. The summed E-state index contributed by atoms with van der Waals surface area (Å²) in [5, 5.41) is 0.766. The molecule has 0 saturated heterocycles. The Bertz CT molecular complexity index is 589. The standard InChI is InChI=1S/C17H19ClN2/c18-16-8-3-9-17(19)15(16)12-20-10-4-7-13-5-1-2-6-14(13)11-20/h1-3,5-6,8-9H,4,7,10-12,19H2. The summed E-state index contributed by atoms with van der Waals surface area (Å²) < 4.78 is 0. The number of aryl methyl sites for hydroxylation is 1. The molecule has 1 aliphatic rings. The summed E-state index contributed by atoms with van der Waals surface area (Å²) >= 11 is 6.28. The molecule has 1 aliphatic heterocycles. The molecule has 104 valence electrons. The molecule has 20 heavy (non-hydrogen) atoms. The van der Waals surface area contributed by atoms with E-state index in [2.05, 4.69) is 29.2 Å². The number of halogens is 1. The van der Waals surface area contributed by atoms with Gasteiger partial charge in [0.15, 0.2) is 0 Å². The third kappa shape index (κ3) is 2.82. The van der Waals surface area contributed by atoms with Gasteiger partial charge < -0.3 is 5.73 Å². The molecule has 0 amide bonds. The first kappa shape index (κ1) is 13.5. The number of nitrogens with two attached hydrogens (primary N) is 1. The molecule has 0 radical (unpaired) electrons. The number of anilines is 1. The predicted molar refractivity (Wildman–Crippen MR) is 84.7 cm³/mol. The zero-order chi connectivity index (χ0) is 13.9. The van der Waals surface area contributed by atoms with Crippen molar-refractivity contribution >= 4 is 17.3 Å².